The minimum atomic E-state index is -0.522. The fourth-order valence-electron chi connectivity index (χ4n) is 3.61. The summed E-state index contributed by atoms with van der Waals surface area (Å²) in [7, 11) is 3.10. The van der Waals surface area contributed by atoms with E-state index < -0.39 is 11.9 Å². The first kappa shape index (κ1) is 27.3. The molecule has 0 radical (unpaired) electrons. The van der Waals surface area contributed by atoms with Gasteiger partial charge < -0.3 is 20.1 Å². The number of amides is 1. The number of methoxy groups -OCH3 is 1. The number of halogens is 2. The Morgan fingerprint density at radius 1 is 1.26 bits per heavy atom. The lowest BCUT2D eigenvalue weighted by molar-refractivity contribution is -0.145. The molecule has 9 nitrogen and oxygen atoms in total. The molecular formula is C27H29ClFN5O4. The van der Waals surface area contributed by atoms with Crippen molar-refractivity contribution in [1.29, 1.82) is 0 Å². The molecule has 0 spiro atoms. The number of carbonyl (C=O) groups excluding carboxylic acids is 2. The predicted molar refractivity (Wildman–Crippen MR) is 144 cm³/mol. The van der Waals surface area contributed by atoms with Crippen LogP contribution in [0.3, 0.4) is 0 Å². The highest BCUT2D eigenvalue weighted by Gasteiger charge is 2.23. The standard InChI is InChI=1S/C27H29ClFN5O4/c1-16(27(36)37-3)34(2)10-4-5-25(35)33-23-12-19-22(13-24(23)38-14-17-6-7-17)30-15-31-26(19)32-18-8-9-21(29)20(28)11-18/h4-5,8-9,11-13,15-17H,6-7,10,14H2,1-3H3,(H,33,35)(H,30,31,32)/b5-4+. The van der Waals surface area contributed by atoms with Crippen molar-refractivity contribution in [2.45, 2.75) is 25.8 Å². The summed E-state index contributed by atoms with van der Waals surface area (Å²) in [5.74, 6) is 0.219. The number of fused-ring (bicyclic) bond motifs is 1. The van der Waals surface area contributed by atoms with Crippen molar-refractivity contribution in [3.8, 4) is 5.75 Å². The van der Waals surface area contributed by atoms with Gasteiger partial charge in [0.1, 0.15) is 29.8 Å². The van der Waals surface area contributed by atoms with E-state index in [1.807, 2.05) is 0 Å². The van der Waals surface area contributed by atoms with Crippen LogP contribution in [0.15, 0.2) is 48.8 Å². The zero-order valence-corrected chi connectivity index (χ0v) is 22.1. The van der Waals surface area contributed by atoms with Gasteiger partial charge in [0.25, 0.3) is 0 Å². The number of benzene rings is 2. The van der Waals surface area contributed by atoms with Crippen LogP contribution in [-0.2, 0) is 14.3 Å². The Morgan fingerprint density at radius 2 is 2.05 bits per heavy atom. The summed E-state index contributed by atoms with van der Waals surface area (Å²) in [4.78, 5) is 34.9. The van der Waals surface area contributed by atoms with Crippen LogP contribution in [0.25, 0.3) is 10.9 Å². The number of nitrogens with zero attached hydrogens (tertiary/aromatic N) is 3. The van der Waals surface area contributed by atoms with E-state index in [0.29, 0.717) is 52.9 Å². The van der Waals surface area contributed by atoms with E-state index in [2.05, 4.69) is 20.6 Å². The van der Waals surface area contributed by atoms with Crippen LogP contribution >= 0.6 is 11.6 Å². The van der Waals surface area contributed by atoms with Gasteiger partial charge in [0.05, 0.1) is 29.9 Å². The lowest BCUT2D eigenvalue weighted by atomic mass is 10.1. The van der Waals surface area contributed by atoms with E-state index in [9.17, 15) is 14.0 Å². The maximum absolute atomic E-state index is 13.6. The molecule has 1 heterocycles. The molecule has 0 saturated heterocycles. The van der Waals surface area contributed by atoms with Crippen molar-refractivity contribution in [3.05, 3.63) is 59.7 Å². The first-order valence-corrected chi connectivity index (χ1v) is 12.5. The van der Waals surface area contributed by atoms with E-state index in [-0.39, 0.29) is 16.9 Å². The van der Waals surface area contributed by atoms with Gasteiger partial charge in [-0.2, -0.15) is 0 Å². The number of ether oxygens (including phenoxy) is 2. The average Bonchev–Trinajstić information content (AvgIpc) is 3.73. The number of likely N-dealkylation sites (N-methyl/N-ethyl adjacent to an activating group) is 1. The Labute approximate surface area is 225 Å². The van der Waals surface area contributed by atoms with Gasteiger partial charge in [0, 0.05) is 29.8 Å². The van der Waals surface area contributed by atoms with Crippen molar-refractivity contribution in [3.63, 3.8) is 0 Å². The number of hydrogen-bond donors (Lipinski definition) is 2. The summed E-state index contributed by atoms with van der Waals surface area (Å²) >= 11 is 5.92. The Kier molecular flexibility index (Phi) is 8.75. The summed E-state index contributed by atoms with van der Waals surface area (Å²) < 4.78 is 24.4. The van der Waals surface area contributed by atoms with Crippen LogP contribution < -0.4 is 15.4 Å². The second kappa shape index (κ2) is 12.2. The SMILES string of the molecule is COC(=O)C(C)N(C)C/C=C/C(=O)Nc1cc2c(Nc3ccc(F)c(Cl)c3)ncnc2cc1OCC1CC1. The number of aromatic nitrogens is 2. The topological polar surface area (TPSA) is 106 Å². The number of rotatable bonds is 11. The Balaban J connectivity index is 1.56. The maximum atomic E-state index is 13.6. The van der Waals surface area contributed by atoms with Crippen molar-refractivity contribution in [2.75, 3.05) is 37.9 Å². The van der Waals surface area contributed by atoms with E-state index in [1.165, 1.54) is 31.6 Å². The van der Waals surface area contributed by atoms with Crippen molar-refractivity contribution < 1.29 is 23.5 Å². The molecule has 1 unspecified atom stereocenters. The van der Waals surface area contributed by atoms with Gasteiger partial charge in [-0.25, -0.2) is 14.4 Å². The molecule has 4 rings (SSSR count). The molecule has 1 aliphatic rings. The fourth-order valence-corrected chi connectivity index (χ4v) is 3.79. The minimum absolute atomic E-state index is 0.0181. The van der Waals surface area contributed by atoms with Crippen LogP contribution in [0.5, 0.6) is 5.75 Å². The molecule has 200 valence electrons. The van der Waals surface area contributed by atoms with E-state index >= 15 is 0 Å². The van der Waals surface area contributed by atoms with Gasteiger partial charge in [0.2, 0.25) is 5.91 Å². The predicted octanol–water partition coefficient (Wildman–Crippen LogP) is 4.94. The summed E-state index contributed by atoms with van der Waals surface area (Å²) in [6.45, 7) is 2.64. The quantitative estimate of drug-likeness (QED) is 0.260. The average molecular weight is 542 g/mol. The zero-order valence-electron chi connectivity index (χ0n) is 21.3. The molecule has 3 aromatic rings. The van der Waals surface area contributed by atoms with Crippen molar-refractivity contribution in [2.24, 2.45) is 5.92 Å². The molecule has 1 saturated carbocycles. The molecule has 0 aliphatic heterocycles. The van der Waals surface area contributed by atoms with Crippen LogP contribution in [0.2, 0.25) is 5.02 Å². The molecule has 38 heavy (non-hydrogen) atoms. The van der Waals surface area contributed by atoms with Crippen LogP contribution in [0, 0.1) is 11.7 Å². The van der Waals surface area contributed by atoms with Crippen molar-refractivity contribution >= 4 is 51.6 Å². The highest BCUT2D eigenvalue weighted by molar-refractivity contribution is 6.31. The summed E-state index contributed by atoms with van der Waals surface area (Å²) in [5.41, 5.74) is 1.61. The molecule has 1 atom stereocenters. The Morgan fingerprint density at radius 3 is 2.76 bits per heavy atom. The summed E-state index contributed by atoms with van der Waals surface area (Å²) in [6.07, 6.45) is 6.71. The largest absolute Gasteiger partial charge is 0.491 e. The molecule has 11 heteroatoms. The lowest BCUT2D eigenvalue weighted by Gasteiger charge is -2.20. The van der Waals surface area contributed by atoms with Gasteiger partial charge in [-0.1, -0.05) is 17.7 Å². The highest BCUT2D eigenvalue weighted by atomic mass is 35.5. The van der Waals surface area contributed by atoms with Crippen LogP contribution in [-0.4, -0.2) is 60.1 Å². The van der Waals surface area contributed by atoms with Gasteiger partial charge >= 0.3 is 5.97 Å². The van der Waals surface area contributed by atoms with Gasteiger partial charge in [-0.05, 0) is 57.0 Å². The normalized spacial score (nSPS) is 14.1. The third-order valence-electron chi connectivity index (χ3n) is 6.21. The molecule has 1 fully saturated rings. The summed E-state index contributed by atoms with van der Waals surface area (Å²) in [6, 6.07) is 7.32. The van der Waals surface area contributed by atoms with Crippen LogP contribution in [0.4, 0.5) is 21.6 Å². The Hall–Kier alpha value is -3.76. The van der Waals surface area contributed by atoms with E-state index in [1.54, 1.807) is 43.1 Å². The Bertz CT molecular complexity index is 1360. The monoisotopic (exact) mass is 541 g/mol. The number of nitrogens with one attached hydrogen (secondary N) is 2. The van der Waals surface area contributed by atoms with Crippen molar-refractivity contribution in [1.82, 2.24) is 14.9 Å². The second-order valence-electron chi connectivity index (χ2n) is 9.13. The van der Waals surface area contributed by atoms with Crippen LogP contribution in [0.1, 0.15) is 19.8 Å². The molecule has 1 aliphatic carbocycles. The third-order valence-corrected chi connectivity index (χ3v) is 6.50. The van der Waals surface area contributed by atoms with E-state index in [4.69, 9.17) is 21.1 Å². The lowest BCUT2D eigenvalue weighted by Crippen LogP contribution is -2.36. The van der Waals surface area contributed by atoms with Gasteiger partial charge in [-0.3, -0.25) is 14.5 Å². The molecule has 0 bridgehead atoms. The molecule has 1 amide bonds. The fraction of sp³-hybridized carbons (Fsp3) is 0.333. The smallest absolute Gasteiger partial charge is 0.322 e. The molecule has 1 aromatic heterocycles. The third kappa shape index (κ3) is 6.96. The molecule has 2 aromatic carbocycles. The minimum Gasteiger partial charge on any atom is -0.491 e. The summed E-state index contributed by atoms with van der Waals surface area (Å²) in [5, 5.41) is 6.61. The van der Waals surface area contributed by atoms with Gasteiger partial charge in [0.15, 0.2) is 0 Å². The zero-order chi connectivity index (χ0) is 27.2. The maximum Gasteiger partial charge on any atom is 0.322 e. The first-order chi connectivity index (χ1) is 18.2. The molecular weight excluding hydrogens is 513 g/mol. The number of carbonyl (C=O) groups is 2. The first-order valence-electron chi connectivity index (χ1n) is 12.1. The number of hydrogen-bond acceptors (Lipinski definition) is 8. The van der Waals surface area contributed by atoms with Gasteiger partial charge in [-0.15, -0.1) is 0 Å². The van der Waals surface area contributed by atoms with E-state index in [0.717, 1.165) is 12.8 Å². The highest BCUT2D eigenvalue weighted by Crippen LogP contribution is 2.36. The molecule has 2 N–H and O–H groups in total. The number of esters is 1. The number of anilines is 3. The second-order valence-corrected chi connectivity index (χ2v) is 9.53.